The van der Waals surface area contributed by atoms with Gasteiger partial charge in [0.25, 0.3) is 0 Å². The first-order valence-corrected chi connectivity index (χ1v) is 13.8. The molecule has 1 N–H and O–H groups in total. The minimum atomic E-state index is -0.658. The Balaban J connectivity index is 1.49. The van der Waals surface area contributed by atoms with Crippen molar-refractivity contribution in [1.82, 2.24) is 10.2 Å². The Morgan fingerprint density at radius 3 is 2.44 bits per heavy atom. The number of carbonyl (C=O) groups is 2. The van der Waals surface area contributed by atoms with Crippen molar-refractivity contribution in [3.05, 3.63) is 58.9 Å². The molecule has 2 saturated heterocycles. The largest absolute Gasteiger partial charge is 0.466 e. The molecule has 2 heterocycles. The Bertz CT molecular complexity index is 1150. The van der Waals surface area contributed by atoms with E-state index in [0.717, 1.165) is 31.9 Å². The number of benzene rings is 2. The standard InChI is InChI=1S/C30H38ClFN2O5/c1-5-38-27(35)22(15-34-16-30(17-34)18-37-19-30)13-24(33-28(36)39-29(2,3)4)12-20-6-8-21(9-7-20)25-14-23(31)10-11-26(25)32/h6-11,14,22,24H,5,12-13,15-19H2,1-4H3,(H,33,36)/t22-,24+/m0/s1. The second kappa shape index (κ2) is 12.2. The van der Waals surface area contributed by atoms with Crippen LogP contribution in [0.5, 0.6) is 0 Å². The molecule has 2 aliphatic rings. The van der Waals surface area contributed by atoms with Gasteiger partial charge in [-0.25, -0.2) is 9.18 Å². The molecule has 2 fully saturated rings. The number of alkyl carbamates (subject to hydrolysis) is 1. The molecular weight excluding hydrogens is 523 g/mol. The summed E-state index contributed by atoms with van der Waals surface area (Å²) in [5.74, 6) is -1.04. The number of ether oxygens (including phenoxy) is 3. The molecule has 0 aliphatic carbocycles. The molecule has 2 aromatic rings. The minimum absolute atomic E-state index is 0.234. The van der Waals surface area contributed by atoms with Gasteiger partial charge in [-0.05, 0) is 69.9 Å². The molecule has 212 valence electrons. The summed E-state index contributed by atoms with van der Waals surface area (Å²) < 4.78 is 30.7. The quantitative estimate of drug-likeness (QED) is 0.388. The number of likely N-dealkylation sites (tertiary alicyclic amines) is 1. The van der Waals surface area contributed by atoms with Crippen LogP contribution in [0.4, 0.5) is 9.18 Å². The topological polar surface area (TPSA) is 77.1 Å². The van der Waals surface area contributed by atoms with Crippen molar-refractivity contribution in [3.63, 3.8) is 0 Å². The molecule has 39 heavy (non-hydrogen) atoms. The molecule has 1 spiro atoms. The number of nitrogens with one attached hydrogen (secondary N) is 1. The summed E-state index contributed by atoms with van der Waals surface area (Å²) in [6.07, 6.45) is 0.316. The van der Waals surface area contributed by atoms with Gasteiger partial charge in [0.2, 0.25) is 0 Å². The smallest absolute Gasteiger partial charge is 0.407 e. The number of nitrogens with zero attached hydrogens (tertiary/aromatic N) is 1. The van der Waals surface area contributed by atoms with Crippen molar-refractivity contribution >= 4 is 23.7 Å². The maximum Gasteiger partial charge on any atom is 0.407 e. The number of amides is 1. The summed E-state index contributed by atoms with van der Waals surface area (Å²) in [4.78, 5) is 28.0. The van der Waals surface area contributed by atoms with Crippen LogP contribution in [-0.4, -0.2) is 68.1 Å². The molecule has 0 saturated carbocycles. The van der Waals surface area contributed by atoms with Gasteiger partial charge in [-0.1, -0.05) is 35.9 Å². The fourth-order valence-corrected chi connectivity index (χ4v) is 5.43. The van der Waals surface area contributed by atoms with Crippen LogP contribution in [0.15, 0.2) is 42.5 Å². The Morgan fingerprint density at radius 1 is 1.15 bits per heavy atom. The molecule has 2 atom stereocenters. The van der Waals surface area contributed by atoms with E-state index in [1.165, 1.54) is 12.1 Å². The third kappa shape index (κ3) is 7.93. The highest BCUT2D eigenvalue weighted by Gasteiger charge is 2.49. The maximum absolute atomic E-state index is 14.4. The average Bonchev–Trinajstić information content (AvgIpc) is 2.80. The highest BCUT2D eigenvalue weighted by Crippen LogP contribution is 2.38. The number of halogens is 2. The summed E-state index contributed by atoms with van der Waals surface area (Å²) in [5.41, 5.74) is 1.63. The lowest BCUT2D eigenvalue weighted by Crippen LogP contribution is -2.66. The molecule has 9 heteroatoms. The zero-order valence-electron chi connectivity index (χ0n) is 23.1. The summed E-state index contributed by atoms with van der Waals surface area (Å²) in [5, 5.41) is 3.43. The minimum Gasteiger partial charge on any atom is -0.466 e. The van der Waals surface area contributed by atoms with Gasteiger partial charge in [-0.15, -0.1) is 0 Å². The van der Waals surface area contributed by atoms with Gasteiger partial charge in [0.1, 0.15) is 11.4 Å². The van der Waals surface area contributed by atoms with Crippen LogP contribution in [0.2, 0.25) is 5.02 Å². The lowest BCUT2D eigenvalue weighted by molar-refractivity contribution is -0.193. The molecule has 7 nitrogen and oxygen atoms in total. The van der Waals surface area contributed by atoms with E-state index in [0.29, 0.717) is 42.1 Å². The van der Waals surface area contributed by atoms with Crippen molar-refractivity contribution in [1.29, 1.82) is 0 Å². The first-order chi connectivity index (χ1) is 18.4. The molecular formula is C30H38ClFN2O5. The number of carbonyl (C=O) groups excluding carboxylic acids is 2. The normalized spacial score (nSPS) is 18.0. The van der Waals surface area contributed by atoms with E-state index >= 15 is 0 Å². The molecule has 0 radical (unpaired) electrons. The van der Waals surface area contributed by atoms with Gasteiger partial charge < -0.3 is 24.4 Å². The van der Waals surface area contributed by atoms with E-state index in [-0.39, 0.29) is 23.2 Å². The lowest BCUT2D eigenvalue weighted by atomic mass is 9.77. The second-order valence-electron chi connectivity index (χ2n) is 11.7. The van der Waals surface area contributed by atoms with Crippen LogP contribution in [-0.2, 0) is 25.4 Å². The molecule has 0 bridgehead atoms. The van der Waals surface area contributed by atoms with Crippen molar-refractivity contribution in [2.24, 2.45) is 11.3 Å². The highest BCUT2D eigenvalue weighted by molar-refractivity contribution is 6.30. The monoisotopic (exact) mass is 560 g/mol. The van der Waals surface area contributed by atoms with E-state index in [2.05, 4.69) is 10.2 Å². The fraction of sp³-hybridized carbons (Fsp3) is 0.533. The molecule has 2 aromatic carbocycles. The van der Waals surface area contributed by atoms with Crippen molar-refractivity contribution in [2.45, 2.75) is 52.2 Å². The molecule has 0 unspecified atom stereocenters. The SMILES string of the molecule is CCOC(=O)[C@@H](C[C@@H](Cc1ccc(-c2cc(Cl)ccc2F)cc1)NC(=O)OC(C)(C)C)CN1CC2(COC2)C1. The van der Waals surface area contributed by atoms with E-state index < -0.39 is 17.6 Å². The number of rotatable bonds is 10. The van der Waals surface area contributed by atoms with E-state index in [4.69, 9.17) is 25.8 Å². The number of hydrogen-bond donors (Lipinski definition) is 1. The summed E-state index contributed by atoms with van der Waals surface area (Å²) in [6, 6.07) is 11.5. The van der Waals surface area contributed by atoms with Crippen LogP contribution in [0.3, 0.4) is 0 Å². The Morgan fingerprint density at radius 2 is 1.85 bits per heavy atom. The first kappa shape index (κ1) is 29.3. The van der Waals surface area contributed by atoms with Gasteiger partial charge in [-0.3, -0.25) is 4.79 Å². The fourth-order valence-electron chi connectivity index (χ4n) is 5.26. The molecule has 0 aromatic heterocycles. The van der Waals surface area contributed by atoms with Crippen LogP contribution < -0.4 is 5.32 Å². The Kier molecular flexibility index (Phi) is 9.19. The first-order valence-electron chi connectivity index (χ1n) is 13.5. The Labute approximate surface area is 234 Å². The highest BCUT2D eigenvalue weighted by atomic mass is 35.5. The second-order valence-corrected chi connectivity index (χ2v) is 12.2. The van der Waals surface area contributed by atoms with Crippen molar-refractivity contribution in [2.75, 3.05) is 39.5 Å². The number of hydrogen-bond acceptors (Lipinski definition) is 6. The zero-order chi connectivity index (χ0) is 28.2. The average molecular weight is 561 g/mol. The van der Waals surface area contributed by atoms with E-state index in [1.807, 2.05) is 24.3 Å². The van der Waals surface area contributed by atoms with Gasteiger partial charge >= 0.3 is 12.1 Å². The van der Waals surface area contributed by atoms with Crippen LogP contribution in [0.1, 0.15) is 39.7 Å². The van der Waals surface area contributed by atoms with Gasteiger partial charge in [0.15, 0.2) is 0 Å². The van der Waals surface area contributed by atoms with Crippen molar-refractivity contribution < 1.29 is 28.2 Å². The van der Waals surface area contributed by atoms with Gasteiger partial charge in [0.05, 0.1) is 25.7 Å². The third-order valence-electron chi connectivity index (χ3n) is 7.00. The number of esters is 1. The summed E-state index contributed by atoms with van der Waals surface area (Å²) in [6.45, 7) is 11.4. The van der Waals surface area contributed by atoms with Crippen LogP contribution in [0, 0.1) is 17.2 Å². The third-order valence-corrected chi connectivity index (χ3v) is 7.23. The predicted octanol–water partition coefficient (Wildman–Crippen LogP) is 5.48. The maximum atomic E-state index is 14.4. The lowest BCUT2D eigenvalue weighted by Gasteiger charge is -2.55. The van der Waals surface area contributed by atoms with E-state index in [1.54, 1.807) is 33.8 Å². The van der Waals surface area contributed by atoms with Crippen LogP contribution >= 0.6 is 11.6 Å². The van der Waals surface area contributed by atoms with E-state index in [9.17, 15) is 14.0 Å². The Hall–Kier alpha value is -2.68. The summed E-state index contributed by atoms with van der Waals surface area (Å²) in [7, 11) is 0. The van der Waals surface area contributed by atoms with Gasteiger partial charge in [-0.2, -0.15) is 0 Å². The predicted molar refractivity (Wildman–Crippen MR) is 148 cm³/mol. The van der Waals surface area contributed by atoms with Crippen molar-refractivity contribution in [3.8, 4) is 11.1 Å². The van der Waals surface area contributed by atoms with Crippen LogP contribution in [0.25, 0.3) is 11.1 Å². The van der Waals surface area contributed by atoms with Gasteiger partial charge in [0, 0.05) is 41.7 Å². The summed E-state index contributed by atoms with van der Waals surface area (Å²) >= 11 is 6.07. The molecule has 1 amide bonds. The zero-order valence-corrected chi connectivity index (χ0v) is 23.9. The molecule has 2 aliphatic heterocycles. The molecule has 4 rings (SSSR count).